The fraction of sp³-hybridized carbons (Fsp3) is 0.897. The average molecular weight is 461 g/mol. The predicted molar refractivity (Wildman–Crippen MR) is 131 cm³/mol. The number of carbonyl (C=O) groups excluding carboxylic acids is 1. The van der Waals surface area contributed by atoms with E-state index in [-0.39, 0.29) is 23.5 Å². The van der Waals surface area contributed by atoms with Crippen molar-refractivity contribution in [2.45, 2.75) is 116 Å². The van der Waals surface area contributed by atoms with Gasteiger partial charge in [-0.3, -0.25) is 4.79 Å². The van der Waals surface area contributed by atoms with Gasteiger partial charge in [0.15, 0.2) is 5.78 Å². The Bertz CT molecular complexity index is 778. The molecule has 0 aromatic carbocycles. The van der Waals surface area contributed by atoms with Crippen LogP contribution >= 0.6 is 0 Å². The SMILES string of the molecule is C=CC(O)(CC[C@@H](C)C1CCC2C3CC(=O)[C@@]4(O)C[C@@H](O)CC[C@]4(C)C3CC[C@@]21C)C(C)C. The van der Waals surface area contributed by atoms with Gasteiger partial charge < -0.3 is 15.3 Å². The molecule has 0 spiro atoms. The highest BCUT2D eigenvalue weighted by atomic mass is 16.3. The van der Waals surface area contributed by atoms with Crippen molar-refractivity contribution in [3.8, 4) is 0 Å². The number of carbonyl (C=O) groups is 1. The second-order valence-corrected chi connectivity index (χ2v) is 13.3. The zero-order valence-corrected chi connectivity index (χ0v) is 21.6. The lowest BCUT2D eigenvalue weighted by atomic mass is 9.42. The lowest BCUT2D eigenvalue weighted by Crippen LogP contribution is -2.67. The third-order valence-corrected chi connectivity index (χ3v) is 11.7. The Hall–Kier alpha value is -0.710. The van der Waals surface area contributed by atoms with Crippen LogP contribution in [0.1, 0.15) is 98.8 Å². The number of Topliss-reactive ketones (excluding diaryl/α,β-unsaturated/α-hetero) is 1. The maximum atomic E-state index is 13.4. The Morgan fingerprint density at radius 1 is 1.12 bits per heavy atom. The summed E-state index contributed by atoms with van der Waals surface area (Å²) < 4.78 is 0. The second kappa shape index (κ2) is 8.45. The van der Waals surface area contributed by atoms with Gasteiger partial charge in [0.2, 0.25) is 0 Å². The van der Waals surface area contributed by atoms with Crippen LogP contribution < -0.4 is 0 Å². The molecule has 4 nitrogen and oxygen atoms in total. The molecule has 0 bridgehead atoms. The quantitative estimate of drug-likeness (QED) is 0.471. The molecule has 5 unspecified atom stereocenters. The maximum Gasteiger partial charge on any atom is 0.165 e. The molecule has 4 rings (SSSR count). The zero-order valence-electron chi connectivity index (χ0n) is 21.6. The first-order valence-electron chi connectivity index (χ1n) is 13.6. The van der Waals surface area contributed by atoms with Crippen LogP contribution in [0.3, 0.4) is 0 Å². The number of aliphatic hydroxyl groups excluding tert-OH is 1. The van der Waals surface area contributed by atoms with Crippen molar-refractivity contribution >= 4 is 5.78 Å². The van der Waals surface area contributed by atoms with Crippen LogP contribution in [-0.2, 0) is 4.79 Å². The summed E-state index contributed by atoms with van der Waals surface area (Å²) in [4.78, 5) is 13.4. The minimum atomic E-state index is -1.35. The Morgan fingerprint density at radius 3 is 2.45 bits per heavy atom. The summed E-state index contributed by atoms with van der Waals surface area (Å²) in [6.45, 7) is 15.0. The van der Waals surface area contributed by atoms with E-state index < -0.39 is 22.7 Å². The van der Waals surface area contributed by atoms with Gasteiger partial charge in [0.1, 0.15) is 5.60 Å². The van der Waals surface area contributed by atoms with Crippen LogP contribution in [0.4, 0.5) is 0 Å². The molecular formula is C29H48O4. The molecule has 0 saturated heterocycles. The van der Waals surface area contributed by atoms with Crippen LogP contribution in [0, 0.1) is 46.3 Å². The maximum absolute atomic E-state index is 13.4. The van der Waals surface area contributed by atoms with Crippen molar-refractivity contribution in [3.63, 3.8) is 0 Å². The molecule has 4 aliphatic rings. The largest absolute Gasteiger partial charge is 0.393 e. The van der Waals surface area contributed by atoms with E-state index in [0.29, 0.717) is 42.4 Å². The van der Waals surface area contributed by atoms with Crippen LogP contribution in [0.15, 0.2) is 12.7 Å². The van der Waals surface area contributed by atoms with Crippen molar-refractivity contribution < 1.29 is 20.1 Å². The molecular weight excluding hydrogens is 412 g/mol. The molecule has 4 aliphatic carbocycles. The summed E-state index contributed by atoms with van der Waals surface area (Å²) in [5.74, 6) is 2.54. The Kier molecular flexibility index (Phi) is 6.50. The van der Waals surface area contributed by atoms with Crippen LogP contribution in [0.2, 0.25) is 0 Å². The Balaban J connectivity index is 1.53. The molecule has 33 heavy (non-hydrogen) atoms. The number of hydrogen-bond donors (Lipinski definition) is 3. The van der Waals surface area contributed by atoms with Crippen molar-refractivity contribution in [1.82, 2.24) is 0 Å². The zero-order chi connectivity index (χ0) is 24.4. The smallest absolute Gasteiger partial charge is 0.165 e. The van der Waals surface area contributed by atoms with Crippen molar-refractivity contribution in [1.29, 1.82) is 0 Å². The van der Waals surface area contributed by atoms with Gasteiger partial charge in [0.05, 0.1) is 11.7 Å². The van der Waals surface area contributed by atoms with E-state index in [4.69, 9.17) is 0 Å². The predicted octanol–water partition coefficient (Wildman–Crippen LogP) is 5.29. The minimum Gasteiger partial charge on any atom is -0.393 e. The molecule has 0 heterocycles. The first kappa shape index (κ1) is 25.4. The summed E-state index contributed by atoms with van der Waals surface area (Å²) >= 11 is 0. The molecule has 4 saturated carbocycles. The summed E-state index contributed by atoms with van der Waals surface area (Å²) in [6.07, 6.45) is 9.66. The third kappa shape index (κ3) is 3.69. The average Bonchev–Trinajstić information content (AvgIpc) is 3.11. The molecule has 3 N–H and O–H groups in total. The highest BCUT2D eigenvalue weighted by Gasteiger charge is 2.67. The van der Waals surface area contributed by atoms with E-state index in [0.717, 1.165) is 32.1 Å². The van der Waals surface area contributed by atoms with Gasteiger partial charge in [-0.1, -0.05) is 40.7 Å². The number of hydrogen-bond acceptors (Lipinski definition) is 4. The van der Waals surface area contributed by atoms with Crippen molar-refractivity contribution in [3.05, 3.63) is 12.7 Å². The number of rotatable bonds is 6. The van der Waals surface area contributed by atoms with Gasteiger partial charge in [-0.25, -0.2) is 0 Å². The molecule has 188 valence electrons. The minimum absolute atomic E-state index is 0.0151. The van der Waals surface area contributed by atoms with E-state index in [1.807, 2.05) is 0 Å². The lowest BCUT2D eigenvalue weighted by molar-refractivity contribution is -0.213. The number of ketones is 1. The Morgan fingerprint density at radius 2 is 1.82 bits per heavy atom. The van der Waals surface area contributed by atoms with E-state index in [9.17, 15) is 20.1 Å². The second-order valence-electron chi connectivity index (χ2n) is 13.3. The van der Waals surface area contributed by atoms with Gasteiger partial charge >= 0.3 is 0 Å². The number of aliphatic hydroxyl groups is 3. The van der Waals surface area contributed by atoms with Crippen molar-refractivity contribution in [2.75, 3.05) is 0 Å². The van der Waals surface area contributed by atoms with Gasteiger partial charge in [-0.15, -0.1) is 6.58 Å². The third-order valence-electron chi connectivity index (χ3n) is 11.7. The normalized spacial score (nSPS) is 47.9. The molecule has 10 atom stereocenters. The van der Waals surface area contributed by atoms with E-state index in [2.05, 4.69) is 41.2 Å². The standard InChI is InChI=1S/C29H48O4/c1-7-28(32,18(2)3)15-10-19(4)22-8-9-23-21-16-25(31)29(33)17-20(30)11-14-27(29,6)24(21)12-13-26(22,23)5/h7,18-24,30,32-33H,1,8-17H2,2-6H3/t19-,20+,21?,22?,23?,24?,26-,27-,28?,29+/m1/s1. The summed E-state index contributed by atoms with van der Waals surface area (Å²) in [5.41, 5.74) is -2.33. The van der Waals surface area contributed by atoms with Crippen LogP contribution in [0.25, 0.3) is 0 Å². The monoisotopic (exact) mass is 460 g/mol. The fourth-order valence-electron chi connectivity index (χ4n) is 9.28. The Labute approximate surface area is 201 Å². The summed E-state index contributed by atoms with van der Waals surface area (Å²) in [5, 5.41) is 32.8. The molecule has 0 radical (unpaired) electrons. The molecule has 4 heteroatoms. The molecule has 0 amide bonds. The highest BCUT2D eigenvalue weighted by molar-refractivity contribution is 5.89. The first-order valence-corrected chi connectivity index (χ1v) is 13.6. The van der Waals surface area contributed by atoms with Gasteiger partial charge in [0, 0.05) is 18.3 Å². The van der Waals surface area contributed by atoms with E-state index in [1.165, 1.54) is 12.8 Å². The van der Waals surface area contributed by atoms with Crippen LogP contribution in [-0.4, -0.2) is 38.4 Å². The van der Waals surface area contributed by atoms with E-state index in [1.54, 1.807) is 6.08 Å². The summed E-state index contributed by atoms with van der Waals surface area (Å²) in [6, 6.07) is 0. The molecule has 0 aromatic heterocycles. The van der Waals surface area contributed by atoms with E-state index >= 15 is 0 Å². The highest BCUT2D eigenvalue weighted by Crippen LogP contribution is 2.68. The van der Waals surface area contributed by atoms with Gasteiger partial charge in [0.25, 0.3) is 0 Å². The fourth-order valence-corrected chi connectivity index (χ4v) is 9.28. The topological polar surface area (TPSA) is 77.8 Å². The first-order chi connectivity index (χ1) is 15.3. The summed E-state index contributed by atoms with van der Waals surface area (Å²) in [7, 11) is 0. The van der Waals surface area contributed by atoms with Gasteiger partial charge in [-0.2, -0.15) is 0 Å². The lowest BCUT2D eigenvalue weighted by Gasteiger charge is -2.63. The number of fused-ring (bicyclic) bond motifs is 5. The van der Waals surface area contributed by atoms with Crippen molar-refractivity contribution in [2.24, 2.45) is 46.3 Å². The molecule has 0 aromatic rings. The molecule has 0 aliphatic heterocycles. The van der Waals surface area contributed by atoms with Gasteiger partial charge in [-0.05, 0) is 92.3 Å². The van der Waals surface area contributed by atoms with Crippen LogP contribution in [0.5, 0.6) is 0 Å². The molecule has 4 fully saturated rings.